The number of carboxylic acids is 1. The first-order chi connectivity index (χ1) is 13.0. The first kappa shape index (κ1) is 19.4. The van der Waals surface area contributed by atoms with E-state index in [4.69, 9.17) is 16.3 Å². The van der Waals surface area contributed by atoms with Crippen molar-refractivity contribution in [2.45, 2.75) is 19.8 Å². The summed E-state index contributed by atoms with van der Waals surface area (Å²) in [5.41, 5.74) is 1.88. The summed E-state index contributed by atoms with van der Waals surface area (Å²) >= 11 is 5.91. The third-order valence-corrected chi connectivity index (χ3v) is 5.21. The predicted molar refractivity (Wildman–Crippen MR) is 100 cm³/mol. The van der Waals surface area contributed by atoms with Gasteiger partial charge in [0.15, 0.2) is 0 Å². The van der Waals surface area contributed by atoms with Crippen LogP contribution >= 0.6 is 11.6 Å². The maximum Gasteiger partial charge on any atom is 0.308 e. The molecule has 0 spiro atoms. The number of hydrogen-bond donors (Lipinski definition) is 2. The maximum atomic E-state index is 12.6. The van der Waals surface area contributed by atoms with Crippen molar-refractivity contribution < 1.29 is 19.4 Å². The molecule has 0 aliphatic carbocycles. The number of hydrogen-bond acceptors (Lipinski definition) is 4. The second-order valence-corrected chi connectivity index (χ2v) is 7.07. The van der Waals surface area contributed by atoms with Gasteiger partial charge in [-0.25, -0.2) is 4.68 Å². The summed E-state index contributed by atoms with van der Waals surface area (Å²) in [7, 11) is 0. The van der Waals surface area contributed by atoms with Gasteiger partial charge >= 0.3 is 5.97 Å². The summed E-state index contributed by atoms with van der Waals surface area (Å²) in [4.78, 5) is 24.2. The third kappa shape index (κ3) is 4.48. The van der Waals surface area contributed by atoms with Crippen molar-refractivity contribution in [3.8, 4) is 5.69 Å². The Balaban J connectivity index is 1.68. The molecule has 2 aromatic rings. The molecule has 27 heavy (non-hydrogen) atoms. The molecule has 1 aliphatic rings. The van der Waals surface area contributed by atoms with E-state index in [0.29, 0.717) is 42.3 Å². The Kier molecular flexibility index (Phi) is 6.13. The fourth-order valence-corrected chi connectivity index (χ4v) is 3.47. The number of carboxylic acid groups (broad SMARTS) is 1. The van der Waals surface area contributed by atoms with Crippen molar-refractivity contribution in [1.29, 1.82) is 0 Å². The van der Waals surface area contributed by atoms with Crippen LogP contribution < -0.4 is 5.32 Å². The molecule has 1 aliphatic heterocycles. The summed E-state index contributed by atoms with van der Waals surface area (Å²) in [6.45, 7) is 3.01. The second kappa shape index (κ2) is 8.54. The molecule has 1 aromatic carbocycles. The van der Waals surface area contributed by atoms with Gasteiger partial charge < -0.3 is 15.2 Å². The first-order valence-corrected chi connectivity index (χ1v) is 9.24. The number of benzene rings is 1. The van der Waals surface area contributed by atoms with Gasteiger partial charge in [-0.1, -0.05) is 11.6 Å². The lowest BCUT2D eigenvalue weighted by Gasteiger charge is -2.27. The van der Waals surface area contributed by atoms with E-state index in [2.05, 4.69) is 10.4 Å². The Labute approximate surface area is 162 Å². The van der Waals surface area contributed by atoms with E-state index >= 15 is 0 Å². The van der Waals surface area contributed by atoms with Crippen LogP contribution in [0.2, 0.25) is 5.02 Å². The van der Waals surface area contributed by atoms with E-state index in [0.717, 1.165) is 5.69 Å². The summed E-state index contributed by atoms with van der Waals surface area (Å²) in [6, 6.07) is 7.14. The molecule has 1 amide bonds. The molecule has 0 bridgehead atoms. The fraction of sp³-hybridized carbons (Fsp3) is 0.421. The Bertz CT molecular complexity index is 813. The summed E-state index contributed by atoms with van der Waals surface area (Å²) < 4.78 is 6.94. The SMILES string of the molecule is Cc1c(C(=O)NCC(C(=O)O)C2CCOCC2)cnn1-c1ccc(Cl)cc1. The van der Waals surface area contributed by atoms with Gasteiger partial charge in [0, 0.05) is 24.8 Å². The molecular formula is C19H22ClN3O4. The molecule has 0 saturated carbocycles. The Morgan fingerprint density at radius 3 is 2.63 bits per heavy atom. The van der Waals surface area contributed by atoms with Crippen molar-refractivity contribution in [2.75, 3.05) is 19.8 Å². The molecule has 8 heteroatoms. The van der Waals surface area contributed by atoms with Gasteiger partial charge in [0.2, 0.25) is 0 Å². The number of aliphatic carboxylic acids is 1. The number of nitrogens with one attached hydrogen (secondary N) is 1. The molecule has 7 nitrogen and oxygen atoms in total. The number of carbonyl (C=O) groups is 2. The number of amides is 1. The Morgan fingerprint density at radius 1 is 1.33 bits per heavy atom. The topological polar surface area (TPSA) is 93.5 Å². The zero-order valence-electron chi connectivity index (χ0n) is 15.0. The van der Waals surface area contributed by atoms with Crippen LogP contribution in [0.15, 0.2) is 30.5 Å². The highest BCUT2D eigenvalue weighted by Gasteiger charge is 2.30. The van der Waals surface area contributed by atoms with Crippen LogP contribution in [-0.4, -0.2) is 46.5 Å². The predicted octanol–water partition coefficient (Wildman–Crippen LogP) is 2.69. The van der Waals surface area contributed by atoms with Crippen molar-refractivity contribution >= 4 is 23.5 Å². The van der Waals surface area contributed by atoms with Crippen LogP contribution in [0.25, 0.3) is 5.69 Å². The van der Waals surface area contributed by atoms with Crippen LogP contribution in [0.3, 0.4) is 0 Å². The molecule has 2 N–H and O–H groups in total. The normalized spacial score (nSPS) is 16.1. The van der Waals surface area contributed by atoms with Crippen LogP contribution in [0.4, 0.5) is 0 Å². The van der Waals surface area contributed by atoms with E-state index in [1.807, 2.05) is 12.1 Å². The average Bonchev–Trinajstić information content (AvgIpc) is 3.04. The van der Waals surface area contributed by atoms with Gasteiger partial charge in [-0.2, -0.15) is 5.10 Å². The minimum atomic E-state index is -0.893. The minimum Gasteiger partial charge on any atom is -0.481 e. The maximum absolute atomic E-state index is 12.6. The summed E-state index contributed by atoms with van der Waals surface area (Å²) in [6.07, 6.45) is 2.88. The second-order valence-electron chi connectivity index (χ2n) is 6.64. The van der Waals surface area contributed by atoms with Crippen molar-refractivity contribution in [3.05, 3.63) is 46.7 Å². The number of rotatable bonds is 6. The molecular weight excluding hydrogens is 370 g/mol. The van der Waals surface area contributed by atoms with Gasteiger partial charge in [0.25, 0.3) is 5.91 Å². The van der Waals surface area contributed by atoms with E-state index in [-0.39, 0.29) is 18.4 Å². The molecule has 144 valence electrons. The molecule has 1 aromatic heterocycles. The van der Waals surface area contributed by atoms with Gasteiger partial charge in [-0.05, 0) is 49.9 Å². The number of halogens is 1. The van der Waals surface area contributed by atoms with Crippen molar-refractivity contribution in [1.82, 2.24) is 15.1 Å². The summed E-state index contributed by atoms with van der Waals surface area (Å²) in [5, 5.41) is 17.2. The fourth-order valence-electron chi connectivity index (χ4n) is 3.35. The minimum absolute atomic E-state index is 0.00874. The van der Waals surface area contributed by atoms with Crippen LogP contribution in [0, 0.1) is 18.8 Å². The highest BCUT2D eigenvalue weighted by molar-refractivity contribution is 6.30. The van der Waals surface area contributed by atoms with E-state index in [1.54, 1.807) is 23.7 Å². The molecule has 1 atom stereocenters. The van der Waals surface area contributed by atoms with Gasteiger partial charge in [0.05, 0.1) is 29.1 Å². The van der Waals surface area contributed by atoms with E-state index < -0.39 is 11.9 Å². The first-order valence-electron chi connectivity index (χ1n) is 8.86. The van der Waals surface area contributed by atoms with Crippen LogP contribution in [0.5, 0.6) is 0 Å². The highest BCUT2D eigenvalue weighted by atomic mass is 35.5. The molecule has 3 rings (SSSR count). The number of ether oxygens (including phenoxy) is 1. The smallest absolute Gasteiger partial charge is 0.308 e. The quantitative estimate of drug-likeness (QED) is 0.789. The highest BCUT2D eigenvalue weighted by Crippen LogP contribution is 2.24. The third-order valence-electron chi connectivity index (χ3n) is 4.96. The van der Waals surface area contributed by atoms with E-state index in [1.165, 1.54) is 6.20 Å². The lowest BCUT2D eigenvalue weighted by Crippen LogP contribution is -2.39. The molecule has 0 radical (unpaired) electrons. The zero-order valence-corrected chi connectivity index (χ0v) is 15.8. The number of nitrogens with zero attached hydrogens (tertiary/aromatic N) is 2. The number of carbonyl (C=O) groups excluding carboxylic acids is 1. The lowest BCUT2D eigenvalue weighted by atomic mass is 9.86. The largest absolute Gasteiger partial charge is 0.481 e. The van der Waals surface area contributed by atoms with Gasteiger partial charge in [-0.3, -0.25) is 9.59 Å². The lowest BCUT2D eigenvalue weighted by molar-refractivity contribution is -0.144. The van der Waals surface area contributed by atoms with Crippen LogP contribution in [0.1, 0.15) is 28.9 Å². The van der Waals surface area contributed by atoms with Gasteiger partial charge in [0.1, 0.15) is 0 Å². The van der Waals surface area contributed by atoms with Gasteiger partial charge in [-0.15, -0.1) is 0 Å². The molecule has 1 fully saturated rings. The molecule has 1 saturated heterocycles. The molecule has 2 heterocycles. The Morgan fingerprint density at radius 2 is 2.00 bits per heavy atom. The average molecular weight is 392 g/mol. The van der Waals surface area contributed by atoms with Crippen LogP contribution in [-0.2, 0) is 9.53 Å². The zero-order chi connectivity index (χ0) is 19.4. The number of aromatic nitrogens is 2. The van der Waals surface area contributed by atoms with Crippen molar-refractivity contribution in [3.63, 3.8) is 0 Å². The monoisotopic (exact) mass is 391 g/mol. The van der Waals surface area contributed by atoms with E-state index in [9.17, 15) is 14.7 Å². The molecule has 1 unspecified atom stereocenters. The summed E-state index contributed by atoms with van der Waals surface area (Å²) in [5.74, 6) is -1.83. The Hall–Kier alpha value is -2.38. The standard InChI is InChI=1S/C19H22ClN3O4/c1-12-16(11-22-23(12)15-4-2-14(20)3-5-15)18(24)21-10-17(19(25)26)13-6-8-27-9-7-13/h2-5,11,13,17H,6-10H2,1H3,(H,21,24)(H,25,26). The van der Waals surface area contributed by atoms with Crippen molar-refractivity contribution in [2.24, 2.45) is 11.8 Å².